The van der Waals surface area contributed by atoms with Gasteiger partial charge in [-0.05, 0) is 18.6 Å². The van der Waals surface area contributed by atoms with Crippen LogP contribution >= 0.6 is 0 Å². The zero-order valence-corrected chi connectivity index (χ0v) is 13.6. The first-order valence-electron chi connectivity index (χ1n) is 7.42. The van der Waals surface area contributed by atoms with Crippen LogP contribution in [-0.2, 0) is 23.0 Å². The normalized spacial score (nSPS) is 14.0. The van der Waals surface area contributed by atoms with Gasteiger partial charge in [0.25, 0.3) is 0 Å². The summed E-state index contributed by atoms with van der Waals surface area (Å²) in [4.78, 5) is 0.120. The van der Waals surface area contributed by atoms with Gasteiger partial charge in [-0.15, -0.1) is 0 Å². The zero-order chi connectivity index (χ0) is 16.3. The van der Waals surface area contributed by atoms with E-state index in [1.807, 2.05) is 6.92 Å². The highest BCUT2D eigenvalue weighted by atomic mass is 32.2. The van der Waals surface area contributed by atoms with Gasteiger partial charge in [-0.2, -0.15) is 0 Å². The molecule has 0 bridgehead atoms. The van der Waals surface area contributed by atoms with Crippen LogP contribution in [0.15, 0.2) is 33.7 Å². The van der Waals surface area contributed by atoms with Crippen molar-refractivity contribution in [1.82, 2.24) is 9.88 Å². The summed E-state index contributed by atoms with van der Waals surface area (Å²) in [5.41, 5.74) is 0.820. The van der Waals surface area contributed by atoms with Gasteiger partial charge < -0.3 is 14.0 Å². The molecule has 1 aromatic heterocycles. The Morgan fingerprint density at radius 2 is 1.96 bits per heavy atom. The highest BCUT2D eigenvalue weighted by Crippen LogP contribution is 2.32. The fourth-order valence-electron chi connectivity index (χ4n) is 2.25. The molecule has 1 aromatic carbocycles. The lowest BCUT2D eigenvalue weighted by atomic mass is 10.2. The maximum Gasteiger partial charge on any atom is 0.241 e. The van der Waals surface area contributed by atoms with Crippen molar-refractivity contribution in [3.63, 3.8) is 0 Å². The van der Waals surface area contributed by atoms with Gasteiger partial charge in [0, 0.05) is 12.1 Å². The van der Waals surface area contributed by atoms with E-state index in [2.05, 4.69) is 9.88 Å². The topological polar surface area (TPSA) is 90.7 Å². The van der Waals surface area contributed by atoms with E-state index in [1.165, 1.54) is 12.1 Å². The fourth-order valence-corrected chi connectivity index (χ4v) is 3.26. The average molecular weight is 338 g/mol. The highest BCUT2D eigenvalue weighted by Gasteiger charge is 2.19. The summed E-state index contributed by atoms with van der Waals surface area (Å²) in [7, 11) is -3.67. The van der Waals surface area contributed by atoms with Crippen LogP contribution in [0.2, 0.25) is 0 Å². The molecular formula is C15H18N2O5S. The van der Waals surface area contributed by atoms with Gasteiger partial charge in [0.1, 0.15) is 13.2 Å². The summed E-state index contributed by atoms with van der Waals surface area (Å²) in [6, 6.07) is 6.30. The number of nitrogens with zero attached hydrogens (tertiary/aromatic N) is 1. The highest BCUT2D eigenvalue weighted by molar-refractivity contribution is 7.89. The molecule has 0 atom stereocenters. The van der Waals surface area contributed by atoms with Crippen LogP contribution in [0.1, 0.15) is 24.8 Å². The van der Waals surface area contributed by atoms with Gasteiger partial charge in [-0.1, -0.05) is 18.5 Å². The summed E-state index contributed by atoms with van der Waals surface area (Å²) >= 11 is 0. The average Bonchev–Trinajstić information content (AvgIpc) is 3.01. The summed E-state index contributed by atoms with van der Waals surface area (Å²) in [6.07, 6.45) is 1.76. The predicted octanol–water partition coefficient (Wildman–Crippen LogP) is 1.88. The molecule has 124 valence electrons. The van der Waals surface area contributed by atoms with Crippen LogP contribution in [0.3, 0.4) is 0 Å². The molecule has 0 saturated carbocycles. The second-order valence-electron chi connectivity index (χ2n) is 5.16. The largest absolute Gasteiger partial charge is 0.486 e. The smallest absolute Gasteiger partial charge is 0.241 e. The third-order valence-electron chi connectivity index (χ3n) is 3.37. The Labute approximate surface area is 134 Å². The van der Waals surface area contributed by atoms with Gasteiger partial charge in [-0.25, -0.2) is 13.1 Å². The minimum absolute atomic E-state index is 0.0491. The van der Waals surface area contributed by atoms with Crippen molar-refractivity contribution in [3.8, 4) is 11.5 Å². The number of rotatable bonds is 6. The number of hydrogen-bond donors (Lipinski definition) is 1. The first kappa shape index (κ1) is 15.8. The first-order valence-corrected chi connectivity index (χ1v) is 8.90. The summed E-state index contributed by atoms with van der Waals surface area (Å²) in [5.74, 6) is 1.47. The van der Waals surface area contributed by atoms with E-state index in [0.29, 0.717) is 30.5 Å². The van der Waals surface area contributed by atoms with Gasteiger partial charge in [0.15, 0.2) is 17.3 Å². The monoisotopic (exact) mass is 338 g/mol. The number of aryl methyl sites for hydroxylation is 1. The summed E-state index contributed by atoms with van der Waals surface area (Å²) < 4.78 is 43.1. The molecule has 2 heterocycles. The molecule has 1 aliphatic heterocycles. The van der Waals surface area contributed by atoms with Gasteiger partial charge in [0.05, 0.1) is 17.1 Å². The van der Waals surface area contributed by atoms with Gasteiger partial charge in [0.2, 0.25) is 10.0 Å². The van der Waals surface area contributed by atoms with Crippen LogP contribution in [0, 0.1) is 0 Å². The Kier molecular flexibility index (Phi) is 4.53. The molecule has 0 unspecified atom stereocenters. The summed E-state index contributed by atoms with van der Waals surface area (Å²) in [6.45, 7) is 2.96. The number of nitrogens with one attached hydrogen (secondary N) is 1. The second kappa shape index (κ2) is 6.59. The first-order chi connectivity index (χ1) is 11.1. The van der Waals surface area contributed by atoms with E-state index < -0.39 is 10.0 Å². The van der Waals surface area contributed by atoms with E-state index in [-0.39, 0.29) is 11.4 Å². The maximum absolute atomic E-state index is 12.4. The van der Waals surface area contributed by atoms with Crippen molar-refractivity contribution < 1.29 is 22.4 Å². The van der Waals surface area contributed by atoms with Gasteiger partial charge in [-0.3, -0.25) is 0 Å². The molecule has 8 heteroatoms. The minimum Gasteiger partial charge on any atom is -0.486 e. The number of fused-ring (bicyclic) bond motifs is 1. The Morgan fingerprint density at radius 1 is 1.17 bits per heavy atom. The third-order valence-corrected chi connectivity index (χ3v) is 4.77. The number of benzene rings is 1. The fraction of sp³-hybridized carbons (Fsp3) is 0.400. The number of sulfonamides is 1. The number of aromatic nitrogens is 1. The van der Waals surface area contributed by atoms with E-state index >= 15 is 0 Å². The van der Waals surface area contributed by atoms with Crippen molar-refractivity contribution in [3.05, 3.63) is 35.7 Å². The zero-order valence-electron chi connectivity index (χ0n) is 12.7. The van der Waals surface area contributed by atoms with Crippen LogP contribution in [0.25, 0.3) is 0 Å². The molecule has 0 saturated heterocycles. The molecule has 23 heavy (non-hydrogen) atoms. The molecule has 0 radical (unpaired) electrons. The lowest BCUT2D eigenvalue weighted by molar-refractivity contribution is 0.171. The second-order valence-corrected chi connectivity index (χ2v) is 6.93. The Balaban J connectivity index is 1.71. The molecule has 0 spiro atoms. The van der Waals surface area contributed by atoms with Crippen molar-refractivity contribution in [1.29, 1.82) is 0 Å². The molecule has 7 nitrogen and oxygen atoms in total. The lowest BCUT2D eigenvalue weighted by Gasteiger charge is -2.18. The minimum atomic E-state index is -3.67. The van der Waals surface area contributed by atoms with Crippen molar-refractivity contribution in [2.45, 2.75) is 31.2 Å². The molecule has 0 amide bonds. The van der Waals surface area contributed by atoms with E-state index in [1.54, 1.807) is 12.1 Å². The summed E-state index contributed by atoms with van der Waals surface area (Å²) in [5, 5.41) is 3.89. The Morgan fingerprint density at radius 3 is 2.74 bits per heavy atom. The third kappa shape index (κ3) is 3.65. The Bertz CT molecular complexity index is 785. The molecule has 3 rings (SSSR count). The molecule has 0 aliphatic carbocycles. The molecule has 2 aromatic rings. The molecule has 1 aliphatic rings. The molecular weight excluding hydrogens is 320 g/mol. The van der Waals surface area contributed by atoms with Gasteiger partial charge >= 0.3 is 0 Å². The van der Waals surface area contributed by atoms with Crippen molar-refractivity contribution >= 4 is 10.0 Å². The Hall–Kier alpha value is -2.06. The van der Waals surface area contributed by atoms with Crippen LogP contribution < -0.4 is 14.2 Å². The van der Waals surface area contributed by atoms with Crippen molar-refractivity contribution in [2.75, 3.05) is 13.2 Å². The quantitative estimate of drug-likeness (QED) is 0.865. The van der Waals surface area contributed by atoms with E-state index in [0.717, 1.165) is 18.5 Å². The lowest BCUT2D eigenvalue weighted by Crippen LogP contribution is -2.23. The van der Waals surface area contributed by atoms with Crippen LogP contribution in [0.5, 0.6) is 11.5 Å². The standard InChI is InChI=1S/C15H18N2O5S/c1-2-3-11-8-12(22-17-11)10-16-23(18,19)13-4-5-14-15(9-13)21-7-6-20-14/h4-5,8-9,16H,2-3,6-7,10H2,1H3. The van der Waals surface area contributed by atoms with E-state index in [4.69, 9.17) is 14.0 Å². The van der Waals surface area contributed by atoms with Crippen LogP contribution in [0.4, 0.5) is 0 Å². The molecule has 1 N–H and O–H groups in total. The maximum atomic E-state index is 12.4. The number of hydrogen-bond acceptors (Lipinski definition) is 6. The SMILES string of the molecule is CCCc1cc(CNS(=O)(=O)c2ccc3c(c2)OCCO3)on1. The van der Waals surface area contributed by atoms with Crippen LogP contribution in [-0.4, -0.2) is 26.8 Å². The van der Waals surface area contributed by atoms with E-state index in [9.17, 15) is 8.42 Å². The molecule has 0 fully saturated rings. The van der Waals surface area contributed by atoms with Crippen molar-refractivity contribution in [2.24, 2.45) is 0 Å². The predicted molar refractivity (Wildman–Crippen MR) is 82.0 cm³/mol. The number of ether oxygens (including phenoxy) is 2.